The van der Waals surface area contributed by atoms with Crippen LogP contribution in [0.4, 0.5) is 23.7 Å². The van der Waals surface area contributed by atoms with Crippen LogP contribution in [0.3, 0.4) is 0 Å². The van der Waals surface area contributed by atoms with E-state index in [1.165, 1.54) is 44.0 Å². The van der Waals surface area contributed by atoms with Gasteiger partial charge in [0.2, 0.25) is 0 Å². The topological polar surface area (TPSA) is 134 Å². The zero-order valence-corrected chi connectivity index (χ0v) is 27.5. The van der Waals surface area contributed by atoms with Crippen LogP contribution in [-0.4, -0.2) is 31.3 Å². The molecule has 0 radical (unpaired) electrons. The molecule has 0 spiro atoms. The number of hydrogen-bond acceptors (Lipinski definition) is 6. The van der Waals surface area contributed by atoms with Crippen molar-refractivity contribution < 1.29 is 27.5 Å². The summed E-state index contributed by atoms with van der Waals surface area (Å²) in [6.07, 6.45) is 1.06. The number of hydrogen-bond donors (Lipinski definition) is 3. The number of halogens is 3. The number of hydrazone groups is 1. The third kappa shape index (κ3) is 9.46. The lowest BCUT2D eigenvalue weighted by atomic mass is 9.84. The number of nitrogens with two attached hydrogens (primary N) is 1. The second-order valence-corrected chi connectivity index (χ2v) is 11.8. The second-order valence-electron chi connectivity index (χ2n) is 11.8. The van der Waals surface area contributed by atoms with Crippen LogP contribution in [0.15, 0.2) is 112 Å². The van der Waals surface area contributed by atoms with Crippen molar-refractivity contribution in [2.75, 3.05) is 11.9 Å². The lowest BCUT2D eigenvalue weighted by Crippen LogP contribution is -2.39. The van der Waals surface area contributed by atoms with E-state index in [1.807, 2.05) is 12.1 Å². The number of para-hydroxylation sites is 1. The molecule has 0 heterocycles. The number of nitrogens with one attached hydrogen (secondary N) is 2. The van der Waals surface area contributed by atoms with Gasteiger partial charge in [0.1, 0.15) is 5.75 Å². The summed E-state index contributed by atoms with van der Waals surface area (Å²) in [4.78, 5) is 28.2. The Morgan fingerprint density at radius 3 is 2.20 bits per heavy atom. The molecule has 4 aromatic rings. The van der Waals surface area contributed by atoms with E-state index in [9.17, 15) is 22.8 Å². The van der Waals surface area contributed by atoms with Gasteiger partial charge in [0.05, 0.1) is 6.54 Å². The van der Waals surface area contributed by atoms with Crippen LogP contribution in [0.25, 0.3) is 11.1 Å². The average Bonchev–Trinajstić information content (AvgIpc) is 3.13. The predicted molar refractivity (Wildman–Crippen MR) is 186 cm³/mol. The van der Waals surface area contributed by atoms with Gasteiger partial charge in [-0.1, -0.05) is 86.0 Å². The monoisotopic (exact) mass is 685 g/mol. The van der Waals surface area contributed by atoms with Gasteiger partial charge >= 0.3 is 12.4 Å². The van der Waals surface area contributed by atoms with Gasteiger partial charge in [-0.3, -0.25) is 15.0 Å². The number of rotatable bonds is 9. The lowest BCUT2D eigenvalue weighted by molar-refractivity contribution is -0.274. The summed E-state index contributed by atoms with van der Waals surface area (Å²) in [6.45, 7) is 0.200. The molecule has 10 nitrogen and oxygen atoms in total. The van der Waals surface area contributed by atoms with E-state index >= 15 is 0 Å². The van der Waals surface area contributed by atoms with Crippen LogP contribution < -0.4 is 26.1 Å². The number of azo groups is 1. The summed E-state index contributed by atoms with van der Waals surface area (Å²) < 4.78 is 43.9. The quantitative estimate of drug-likeness (QED) is 0.0538. The van der Waals surface area contributed by atoms with Gasteiger partial charge in [-0.05, 0) is 71.3 Å². The highest BCUT2D eigenvalue weighted by Gasteiger charge is 2.32. The van der Waals surface area contributed by atoms with Crippen LogP contribution >= 0.6 is 0 Å². The Bertz CT molecular complexity index is 1820. The first kappa shape index (κ1) is 35.6. The van der Waals surface area contributed by atoms with Crippen LogP contribution in [-0.2, 0) is 13.1 Å². The van der Waals surface area contributed by atoms with Crippen molar-refractivity contribution in [3.63, 3.8) is 0 Å². The molecule has 1 saturated carbocycles. The van der Waals surface area contributed by atoms with Gasteiger partial charge in [-0.25, -0.2) is 4.79 Å². The number of urea groups is 1. The molecule has 0 unspecified atom stereocenters. The molecule has 260 valence electrons. The van der Waals surface area contributed by atoms with E-state index in [-0.39, 0.29) is 30.4 Å². The molecule has 50 heavy (non-hydrogen) atoms. The van der Waals surface area contributed by atoms with Gasteiger partial charge in [0, 0.05) is 30.4 Å². The maximum atomic E-state index is 13.9. The van der Waals surface area contributed by atoms with Crippen LogP contribution in [0, 0.1) is 0 Å². The van der Waals surface area contributed by atoms with E-state index in [0.29, 0.717) is 28.3 Å². The van der Waals surface area contributed by atoms with Crippen molar-refractivity contribution in [3.05, 3.63) is 119 Å². The fourth-order valence-corrected chi connectivity index (χ4v) is 6.04. The average molecular weight is 686 g/mol. The van der Waals surface area contributed by atoms with E-state index in [1.54, 1.807) is 65.6 Å². The highest BCUT2D eigenvalue weighted by molar-refractivity contribution is 6.05. The molecule has 4 N–H and O–H groups in total. The molecular weight excluding hydrogens is 647 g/mol. The van der Waals surface area contributed by atoms with E-state index in [4.69, 9.17) is 5.84 Å². The first-order valence-corrected chi connectivity index (χ1v) is 16.2. The van der Waals surface area contributed by atoms with E-state index < -0.39 is 18.3 Å². The van der Waals surface area contributed by atoms with Crippen molar-refractivity contribution in [1.82, 2.24) is 10.6 Å². The number of amides is 3. The SMILES string of the molecule is CN=NC(=NN)NC(=O)c1ccc(CN(C(=O)NCc2ccccc2-c2ccccc2OC(F)(F)F)c2ccc(C3CCCCC3)cc2)cc1. The molecule has 0 aliphatic heterocycles. The Kier molecular flexibility index (Phi) is 11.8. The van der Waals surface area contributed by atoms with Gasteiger partial charge in [-0.15, -0.1) is 23.4 Å². The second kappa shape index (κ2) is 16.6. The summed E-state index contributed by atoms with van der Waals surface area (Å²) in [5, 5.41) is 16.0. The highest BCUT2D eigenvalue weighted by Crippen LogP contribution is 2.36. The molecule has 0 atom stereocenters. The summed E-state index contributed by atoms with van der Waals surface area (Å²) in [7, 11) is 1.42. The molecule has 13 heteroatoms. The molecule has 5 rings (SSSR count). The van der Waals surface area contributed by atoms with Gasteiger partial charge in [0.25, 0.3) is 11.9 Å². The van der Waals surface area contributed by atoms with Gasteiger partial charge < -0.3 is 15.9 Å². The number of anilines is 1. The maximum absolute atomic E-state index is 13.9. The molecule has 1 aliphatic carbocycles. The summed E-state index contributed by atoms with van der Waals surface area (Å²) in [5.74, 6) is 4.79. The molecule has 0 bridgehead atoms. The van der Waals surface area contributed by atoms with Crippen molar-refractivity contribution in [1.29, 1.82) is 0 Å². The first-order valence-electron chi connectivity index (χ1n) is 16.2. The standard InChI is InChI=1S/C37H38F3N7O3/c1-42-46-35(45-41)44-34(48)28-17-15-25(16-18-28)24-47(30-21-19-27(20-22-30)26-9-3-2-4-10-26)36(49)43-23-29-11-5-6-12-31(29)32-13-7-8-14-33(32)50-37(38,39)40/h5-8,11-22,26H,2-4,9-10,23-24,41H2,1H3,(H,43,49)(H,44,45,48). The van der Waals surface area contributed by atoms with Crippen LogP contribution in [0.1, 0.15) is 65.1 Å². The Morgan fingerprint density at radius 1 is 0.880 bits per heavy atom. The predicted octanol–water partition coefficient (Wildman–Crippen LogP) is 8.26. The Balaban J connectivity index is 1.38. The molecule has 3 amide bonds. The largest absolute Gasteiger partial charge is 0.573 e. The molecule has 1 fully saturated rings. The van der Waals surface area contributed by atoms with Gasteiger partial charge in [0.15, 0.2) is 0 Å². The third-order valence-corrected chi connectivity index (χ3v) is 8.48. The first-order chi connectivity index (χ1) is 24.1. The molecule has 1 aliphatic rings. The molecule has 4 aromatic carbocycles. The number of nitrogens with zero attached hydrogens (tertiary/aromatic N) is 4. The fraction of sp³-hybridized carbons (Fsp3) is 0.270. The Morgan fingerprint density at radius 2 is 1.54 bits per heavy atom. The number of guanidine groups is 1. The highest BCUT2D eigenvalue weighted by atomic mass is 19.4. The zero-order valence-electron chi connectivity index (χ0n) is 27.5. The number of carbonyl (C=O) groups is 2. The fourth-order valence-electron chi connectivity index (χ4n) is 6.04. The van der Waals surface area contributed by atoms with Crippen LogP contribution in [0.5, 0.6) is 5.75 Å². The number of alkyl halides is 3. The third-order valence-electron chi connectivity index (χ3n) is 8.48. The molecule has 0 saturated heterocycles. The zero-order chi connectivity index (χ0) is 35.5. The molecule has 0 aromatic heterocycles. The minimum atomic E-state index is -4.86. The summed E-state index contributed by atoms with van der Waals surface area (Å²) >= 11 is 0. The minimum Gasteiger partial charge on any atom is -0.405 e. The lowest BCUT2D eigenvalue weighted by Gasteiger charge is -2.26. The Labute approximate surface area is 288 Å². The van der Waals surface area contributed by atoms with E-state index in [0.717, 1.165) is 18.4 Å². The maximum Gasteiger partial charge on any atom is 0.573 e. The summed E-state index contributed by atoms with van der Waals surface area (Å²) in [6, 6.07) is 27.1. The van der Waals surface area contributed by atoms with Gasteiger partial charge in [-0.2, -0.15) is 5.11 Å². The molecular formula is C37H38F3N7O3. The smallest absolute Gasteiger partial charge is 0.405 e. The van der Waals surface area contributed by atoms with Crippen molar-refractivity contribution >= 4 is 23.6 Å². The normalized spacial score (nSPS) is 14.0. The Hall–Kier alpha value is -5.72. The minimum absolute atomic E-state index is 0.0330. The number of benzene rings is 4. The number of carbonyl (C=O) groups excluding carboxylic acids is 2. The van der Waals surface area contributed by atoms with E-state index in [2.05, 4.69) is 42.8 Å². The van der Waals surface area contributed by atoms with Crippen LogP contribution in [0.2, 0.25) is 0 Å². The van der Waals surface area contributed by atoms with Crippen molar-refractivity contribution in [2.24, 2.45) is 21.2 Å². The number of ether oxygens (including phenoxy) is 1. The van der Waals surface area contributed by atoms with Crippen molar-refractivity contribution in [3.8, 4) is 16.9 Å². The summed E-state index contributed by atoms with van der Waals surface area (Å²) in [5.41, 5.74) is 4.30. The van der Waals surface area contributed by atoms with Crippen molar-refractivity contribution in [2.45, 2.75) is 57.5 Å².